The van der Waals surface area contributed by atoms with Crippen LogP contribution < -0.4 is 0 Å². The number of carboxylic acid groups (broad SMARTS) is 1. The maximum atomic E-state index is 10.7. The van der Waals surface area contributed by atoms with Crippen LogP contribution in [0.15, 0.2) is 18.2 Å². The average molecular weight is 191 g/mol. The fourth-order valence-corrected chi connectivity index (χ4v) is 1.46. The molecule has 4 nitrogen and oxygen atoms in total. The van der Waals surface area contributed by atoms with Crippen molar-refractivity contribution < 1.29 is 15.0 Å². The summed E-state index contributed by atoms with van der Waals surface area (Å²) in [5.41, 5.74) is 1.66. The molecule has 2 aromatic rings. The van der Waals surface area contributed by atoms with Crippen LogP contribution in [0.4, 0.5) is 0 Å². The summed E-state index contributed by atoms with van der Waals surface area (Å²) in [7, 11) is 0. The first-order valence-electron chi connectivity index (χ1n) is 4.14. The van der Waals surface area contributed by atoms with Gasteiger partial charge in [-0.15, -0.1) is 0 Å². The van der Waals surface area contributed by atoms with Crippen LogP contribution in [0.1, 0.15) is 16.1 Å². The third-order valence-electron chi connectivity index (χ3n) is 2.21. The van der Waals surface area contributed by atoms with Gasteiger partial charge in [-0.3, -0.25) is 0 Å². The maximum absolute atomic E-state index is 10.7. The molecule has 0 spiro atoms. The quantitative estimate of drug-likeness (QED) is 0.644. The number of carbonyl (C=O) groups is 1. The zero-order valence-electron chi connectivity index (χ0n) is 7.53. The first-order valence-corrected chi connectivity index (χ1v) is 4.14. The van der Waals surface area contributed by atoms with E-state index in [4.69, 9.17) is 5.11 Å². The molecule has 14 heavy (non-hydrogen) atoms. The van der Waals surface area contributed by atoms with Gasteiger partial charge >= 0.3 is 5.97 Å². The smallest absolute Gasteiger partial charge is 0.352 e. The molecule has 1 heterocycles. The van der Waals surface area contributed by atoms with Crippen molar-refractivity contribution in [3.05, 3.63) is 29.5 Å². The highest BCUT2D eigenvalue weighted by atomic mass is 16.4. The molecule has 0 saturated heterocycles. The molecule has 4 heteroatoms. The minimum Gasteiger partial charge on any atom is -0.507 e. The number of aromatic hydroxyl groups is 1. The largest absolute Gasteiger partial charge is 0.507 e. The second-order valence-electron chi connectivity index (χ2n) is 3.18. The molecule has 0 fully saturated rings. The molecule has 0 radical (unpaired) electrons. The number of hydrogen-bond acceptors (Lipinski definition) is 2. The van der Waals surface area contributed by atoms with Crippen LogP contribution in [0.25, 0.3) is 10.9 Å². The van der Waals surface area contributed by atoms with E-state index in [1.807, 2.05) is 6.92 Å². The van der Waals surface area contributed by atoms with Crippen molar-refractivity contribution in [2.75, 3.05) is 0 Å². The topological polar surface area (TPSA) is 73.3 Å². The molecule has 72 valence electrons. The molecule has 0 amide bonds. The summed E-state index contributed by atoms with van der Waals surface area (Å²) in [5.74, 6) is -0.936. The van der Waals surface area contributed by atoms with Crippen LogP contribution in [0.5, 0.6) is 5.75 Å². The Kier molecular flexibility index (Phi) is 1.70. The highest BCUT2D eigenvalue weighted by Crippen LogP contribution is 2.27. The molecule has 0 atom stereocenters. The van der Waals surface area contributed by atoms with E-state index in [-0.39, 0.29) is 11.4 Å². The fourth-order valence-electron chi connectivity index (χ4n) is 1.46. The van der Waals surface area contributed by atoms with Gasteiger partial charge in [0.2, 0.25) is 0 Å². The van der Waals surface area contributed by atoms with E-state index >= 15 is 0 Å². The van der Waals surface area contributed by atoms with Crippen molar-refractivity contribution in [2.45, 2.75) is 6.92 Å². The molecule has 0 aliphatic carbocycles. The number of benzene rings is 1. The predicted molar refractivity (Wildman–Crippen MR) is 51.7 cm³/mol. The molecule has 0 saturated carbocycles. The molecular formula is C10H9NO3. The van der Waals surface area contributed by atoms with E-state index < -0.39 is 5.97 Å². The van der Waals surface area contributed by atoms with E-state index in [1.54, 1.807) is 12.1 Å². The summed E-state index contributed by atoms with van der Waals surface area (Å²) in [6, 6.07) is 4.72. The molecule has 0 aliphatic heterocycles. The first kappa shape index (κ1) is 8.62. The highest BCUT2D eigenvalue weighted by molar-refractivity contribution is 5.97. The number of aromatic nitrogens is 1. The van der Waals surface area contributed by atoms with E-state index in [2.05, 4.69) is 4.98 Å². The van der Waals surface area contributed by atoms with Crippen molar-refractivity contribution in [3.8, 4) is 5.75 Å². The molecule has 0 unspecified atom stereocenters. The van der Waals surface area contributed by atoms with Crippen LogP contribution in [0.3, 0.4) is 0 Å². The zero-order valence-corrected chi connectivity index (χ0v) is 7.53. The van der Waals surface area contributed by atoms with Crippen LogP contribution in [0.2, 0.25) is 0 Å². The van der Waals surface area contributed by atoms with E-state index in [0.717, 1.165) is 5.56 Å². The first-order chi connectivity index (χ1) is 6.59. The van der Waals surface area contributed by atoms with Crippen molar-refractivity contribution in [3.63, 3.8) is 0 Å². The monoisotopic (exact) mass is 191 g/mol. The SMILES string of the molecule is Cc1ccc(O)c2cc(C(=O)O)[nH]c12. The Balaban J connectivity index is 2.82. The number of phenols is 1. The third-order valence-corrected chi connectivity index (χ3v) is 2.21. The number of H-pyrrole nitrogens is 1. The number of aromatic carboxylic acids is 1. The zero-order chi connectivity index (χ0) is 10.3. The van der Waals surface area contributed by atoms with Gasteiger partial charge in [-0.05, 0) is 24.6 Å². The van der Waals surface area contributed by atoms with Gasteiger partial charge in [0, 0.05) is 5.39 Å². The molecule has 0 aliphatic rings. The van der Waals surface area contributed by atoms with Crippen LogP contribution in [-0.2, 0) is 0 Å². The Morgan fingerprint density at radius 1 is 1.43 bits per heavy atom. The number of fused-ring (bicyclic) bond motifs is 1. The molecule has 1 aromatic carbocycles. The van der Waals surface area contributed by atoms with Gasteiger partial charge in [0.15, 0.2) is 0 Å². The number of aromatic amines is 1. The minimum absolute atomic E-state index is 0.0876. The Labute approximate surface area is 79.8 Å². The number of aryl methyl sites for hydroxylation is 1. The minimum atomic E-state index is -1.03. The second kappa shape index (κ2) is 2.77. The molecule has 1 aromatic heterocycles. The standard InChI is InChI=1S/C10H9NO3/c1-5-2-3-8(12)6-4-7(10(13)14)11-9(5)6/h2-4,11-12H,1H3,(H,13,14). The average Bonchev–Trinajstić information content (AvgIpc) is 2.57. The number of hydrogen-bond donors (Lipinski definition) is 3. The summed E-state index contributed by atoms with van der Waals surface area (Å²) in [4.78, 5) is 13.4. The lowest BCUT2D eigenvalue weighted by molar-refractivity contribution is 0.0691. The van der Waals surface area contributed by atoms with E-state index in [0.29, 0.717) is 10.9 Å². The summed E-state index contributed by atoms with van der Waals surface area (Å²) in [6.07, 6.45) is 0. The predicted octanol–water partition coefficient (Wildman–Crippen LogP) is 1.88. The van der Waals surface area contributed by atoms with Gasteiger partial charge in [0.1, 0.15) is 11.4 Å². The Morgan fingerprint density at radius 3 is 2.71 bits per heavy atom. The number of carboxylic acids is 1. The lowest BCUT2D eigenvalue weighted by Gasteiger charge is -1.97. The highest BCUT2D eigenvalue weighted by Gasteiger charge is 2.11. The Bertz CT molecular complexity index is 474. The normalized spacial score (nSPS) is 10.6. The van der Waals surface area contributed by atoms with Crippen molar-refractivity contribution in [1.29, 1.82) is 0 Å². The summed E-state index contributed by atoms with van der Waals surface area (Å²) < 4.78 is 0. The number of phenolic OH excluding ortho intramolecular Hbond substituents is 1. The van der Waals surface area contributed by atoms with E-state index in [9.17, 15) is 9.90 Å². The van der Waals surface area contributed by atoms with Gasteiger partial charge in [-0.2, -0.15) is 0 Å². The Morgan fingerprint density at radius 2 is 2.14 bits per heavy atom. The number of rotatable bonds is 1. The molecule has 3 N–H and O–H groups in total. The maximum Gasteiger partial charge on any atom is 0.352 e. The number of nitrogens with one attached hydrogen (secondary N) is 1. The second-order valence-corrected chi connectivity index (χ2v) is 3.18. The van der Waals surface area contributed by atoms with Crippen LogP contribution >= 0.6 is 0 Å². The molecule has 0 bridgehead atoms. The summed E-state index contributed by atoms with van der Waals surface area (Å²) in [5, 5.41) is 18.8. The van der Waals surface area contributed by atoms with Gasteiger partial charge in [-0.25, -0.2) is 4.79 Å². The van der Waals surface area contributed by atoms with E-state index in [1.165, 1.54) is 6.07 Å². The van der Waals surface area contributed by atoms with Crippen molar-refractivity contribution in [2.24, 2.45) is 0 Å². The van der Waals surface area contributed by atoms with Gasteiger partial charge < -0.3 is 15.2 Å². The van der Waals surface area contributed by atoms with Crippen LogP contribution in [0, 0.1) is 6.92 Å². The van der Waals surface area contributed by atoms with Crippen LogP contribution in [-0.4, -0.2) is 21.2 Å². The van der Waals surface area contributed by atoms with Crippen molar-refractivity contribution in [1.82, 2.24) is 4.98 Å². The lowest BCUT2D eigenvalue weighted by atomic mass is 10.1. The lowest BCUT2D eigenvalue weighted by Crippen LogP contribution is -1.94. The summed E-state index contributed by atoms with van der Waals surface area (Å²) >= 11 is 0. The molecular weight excluding hydrogens is 182 g/mol. The fraction of sp³-hybridized carbons (Fsp3) is 0.100. The third kappa shape index (κ3) is 1.12. The van der Waals surface area contributed by atoms with Gasteiger partial charge in [-0.1, -0.05) is 6.07 Å². The summed E-state index contributed by atoms with van der Waals surface area (Å²) in [6.45, 7) is 1.85. The van der Waals surface area contributed by atoms with Gasteiger partial charge in [0.25, 0.3) is 0 Å². The van der Waals surface area contributed by atoms with Crippen molar-refractivity contribution >= 4 is 16.9 Å². The molecule has 2 rings (SSSR count). The van der Waals surface area contributed by atoms with Gasteiger partial charge in [0.05, 0.1) is 5.52 Å². The Hall–Kier alpha value is -1.97.